The van der Waals surface area contributed by atoms with Gasteiger partial charge in [-0.3, -0.25) is 4.79 Å². The van der Waals surface area contributed by atoms with E-state index in [0.29, 0.717) is 0 Å². The first-order chi connectivity index (χ1) is 11.4. The predicted molar refractivity (Wildman–Crippen MR) is 45.5 cm³/mol. The fourth-order valence-corrected chi connectivity index (χ4v) is 1.81. The van der Waals surface area contributed by atoms with Crippen molar-refractivity contribution in [3.8, 4) is 0 Å². The van der Waals surface area contributed by atoms with Crippen molar-refractivity contribution in [2.45, 2.75) is 42.5 Å². The van der Waals surface area contributed by atoms with E-state index in [1.807, 2.05) is 0 Å². The van der Waals surface area contributed by atoms with E-state index in [0.717, 1.165) is 0 Å². The van der Waals surface area contributed by atoms with E-state index >= 15 is 0 Å². The van der Waals surface area contributed by atoms with Gasteiger partial charge >= 0.3 is 48.5 Å². The fourth-order valence-electron chi connectivity index (χ4n) is 1.81. The molecule has 1 heterocycles. The van der Waals surface area contributed by atoms with Gasteiger partial charge in [-0.15, -0.1) is 0 Å². The van der Waals surface area contributed by atoms with Gasteiger partial charge in [-0.25, -0.2) is 0 Å². The molecule has 0 N–H and O–H groups in total. The molecule has 27 heavy (non-hydrogen) atoms. The van der Waals surface area contributed by atoms with Crippen molar-refractivity contribution < 1.29 is 75.0 Å². The summed E-state index contributed by atoms with van der Waals surface area (Å²) in [7, 11) is 0. The molecule has 1 rings (SSSR count). The number of halogens is 16. The number of hydrogen-bond donors (Lipinski definition) is 0. The van der Waals surface area contributed by atoms with E-state index < -0.39 is 58.3 Å². The second-order valence-electron chi connectivity index (χ2n) is 4.69. The zero-order valence-electron chi connectivity index (χ0n) is 11.4. The third-order valence-corrected chi connectivity index (χ3v) is 2.99. The maximum Gasteiger partial charge on any atom is 0.469 e. The molecule has 0 aromatic rings. The monoisotopic (exact) mass is 444 g/mol. The van der Waals surface area contributed by atoms with Crippen LogP contribution in [0.15, 0.2) is 0 Å². The van der Waals surface area contributed by atoms with Crippen LogP contribution in [-0.4, -0.2) is 58.3 Å². The molecule has 0 bridgehead atoms. The Morgan fingerprint density at radius 3 is 1.07 bits per heavy atom. The molecule has 160 valence electrons. The highest BCUT2D eigenvalue weighted by molar-refractivity contribution is 5.76. The van der Waals surface area contributed by atoms with Crippen molar-refractivity contribution >= 4 is 6.04 Å². The standard InChI is InChI=1S/C8F16N2O/c9-1(27)2(10,11)25-5(17,18)7(21,22)26(4(15,16)3(12,13)14)8(23,24)6(25,19)20. The lowest BCUT2D eigenvalue weighted by atomic mass is 10.1. The van der Waals surface area contributed by atoms with E-state index in [4.69, 9.17) is 0 Å². The van der Waals surface area contributed by atoms with Gasteiger partial charge in [-0.05, 0) is 0 Å². The Labute approximate surface area is 135 Å². The third kappa shape index (κ3) is 2.71. The van der Waals surface area contributed by atoms with Crippen LogP contribution in [0.5, 0.6) is 0 Å². The molecule has 0 amide bonds. The Morgan fingerprint density at radius 1 is 0.593 bits per heavy atom. The van der Waals surface area contributed by atoms with E-state index in [-0.39, 0.29) is 0 Å². The summed E-state index contributed by atoms with van der Waals surface area (Å²) < 4.78 is 206. The van der Waals surface area contributed by atoms with Crippen LogP contribution in [0, 0.1) is 0 Å². The zero-order valence-corrected chi connectivity index (χ0v) is 11.4. The highest BCUT2D eigenvalue weighted by atomic mass is 19.4. The van der Waals surface area contributed by atoms with E-state index in [1.165, 1.54) is 0 Å². The predicted octanol–water partition coefficient (Wildman–Crippen LogP) is 4.22. The minimum Gasteiger partial charge on any atom is -0.252 e. The first-order valence-corrected chi connectivity index (χ1v) is 5.57. The summed E-state index contributed by atoms with van der Waals surface area (Å²) in [4.78, 5) is 1.44. The largest absolute Gasteiger partial charge is 0.469 e. The van der Waals surface area contributed by atoms with E-state index in [2.05, 4.69) is 0 Å². The van der Waals surface area contributed by atoms with Gasteiger partial charge in [0.05, 0.1) is 0 Å². The quantitative estimate of drug-likeness (QED) is 0.370. The normalized spacial score (nSPS) is 26.1. The number of alkyl halides is 15. The molecule has 1 aliphatic heterocycles. The molecule has 1 fully saturated rings. The summed E-state index contributed by atoms with van der Waals surface area (Å²) in [5.74, 6) is 0. The van der Waals surface area contributed by atoms with Crippen molar-refractivity contribution in [2.75, 3.05) is 0 Å². The number of carbonyl (C=O) groups is 1. The van der Waals surface area contributed by atoms with Gasteiger partial charge in [-0.2, -0.15) is 70.2 Å². The van der Waals surface area contributed by atoms with Crippen LogP contribution in [0.3, 0.4) is 0 Å². The highest BCUT2D eigenvalue weighted by Gasteiger charge is 2.94. The minimum atomic E-state index is -7.84. The lowest BCUT2D eigenvalue weighted by molar-refractivity contribution is -0.571. The number of carbonyl (C=O) groups excluding carboxylic acids is 1. The van der Waals surface area contributed by atoms with Crippen LogP contribution in [0.2, 0.25) is 0 Å². The lowest BCUT2D eigenvalue weighted by Crippen LogP contribution is -2.87. The molecular weight excluding hydrogens is 444 g/mol. The van der Waals surface area contributed by atoms with Gasteiger partial charge in [0.25, 0.3) is 0 Å². The molecule has 1 aliphatic rings. The number of nitrogens with zero attached hydrogens (tertiary/aromatic N) is 2. The Balaban J connectivity index is 3.95. The molecule has 0 aliphatic carbocycles. The van der Waals surface area contributed by atoms with Crippen LogP contribution in [0.25, 0.3) is 0 Å². The van der Waals surface area contributed by atoms with Gasteiger partial charge in [0.2, 0.25) is 0 Å². The maximum atomic E-state index is 13.3. The molecule has 19 heteroatoms. The Morgan fingerprint density at radius 2 is 0.852 bits per heavy atom. The summed E-state index contributed by atoms with van der Waals surface area (Å²) in [6.07, 6.45) is -7.62. The first kappa shape index (κ1) is 23.5. The second kappa shape index (κ2) is 5.51. The molecule has 0 radical (unpaired) electrons. The molecule has 0 saturated carbocycles. The molecule has 0 spiro atoms. The summed E-state index contributed by atoms with van der Waals surface area (Å²) in [6.45, 7) is 0. The van der Waals surface area contributed by atoms with Gasteiger partial charge in [0.15, 0.2) is 0 Å². The third-order valence-electron chi connectivity index (χ3n) is 2.99. The lowest BCUT2D eigenvalue weighted by Gasteiger charge is -2.55. The van der Waals surface area contributed by atoms with Crippen LogP contribution in [0.1, 0.15) is 0 Å². The summed E-state index contributed by atoms with van der Waals surface area (Å²) in [5, 5.41) is 0. The minimum absolute atomic E-state index is 4.07. The highest BCUT2D eigenvalue weighted by Crippen LogP contribution is 2.64. The topological polar surface area (TPSA) is 23.6 Å². The van der Waals surface area contributed by atoms with Crippen LogP contribution in [0.4, 0.5) is 70.2 Å². The smallest absolute Gasteiger partial charge is 0.252 e. The number of rotatable bonds is 3. The Hall–Kier alpha value is -1.53. The molecule has 3 nitrogen and oxygen atoms in total. The molecule has 0 unspecified atom stereocenters. The van der Waals surface area contributed by atoms with Crippen molar-refractivity contribution in [3.05, 3.63) is 0 Å². The van der Waals surface area contributed by atoms with Crippen molar-refractivity contribution in [3.63, 3.8) is 0 Å². The molecular formula is C8F16N2O. The summed E-state index contributed by atoms with van der Waals surface area (Å²) in [6, 6.07) is -50.9. The molecule has 1 saturated heterocycles. The van der Waals surface area contributed by atoms with Gasteiger partial charge in [-0.1, -0.05) is 9.80 Å². The van der Waals surface area contributed by atoms with Crippen LogP contribution < -0.4 is 0 Å². The Kier molecular flexibility index (Phi) is 4.80. The molecule has 0 atom stereocenters. The van der Waals surface area contributed by atoms with Crippen LogP contribution in [-0.2, 0) is 4.79 Å². The van der Waals surface area contributed by atoms with Crippen LogP contribution >= 0.6 is 0 Å². The second-order valence-corrected chi connectivity index (χ2v) is 4.69. The zero-order chi connectivity index (χ0) is 22.2. The molecule has 0 aromatic carbocycles. The van der Waals surface area contributed by atoms with E-state index in [9.17, 15) is 75.0 Å². The van der Waals surface area contributed by atoms with E-state index in [1.54, 1.807) is 0 Å². The van der Waals surface area contributed by atoms with Gasteiger partial charge in [0, 0.05) is 0 Å². The number of hydrogen-bond acceptors (Lipinski definition) is 3. The summed E-state index contributed by atoms with van der Waals surface area (Å²) >= 11 is 0. The fraction of sp³-hybridized carbons (Fsp3) is 0.875. The van der Waals surface area contributed by atoms with Crippen molar-refractivity contribution in [2.24, 2.45) is 0 Å². The van der Waals surface area contributed by atoms with Gasteiger partial charge < -0.3 is 0 Å². The average molecular weight is 444 g/mol. The average Bonchev–Trinajstić information content (AvgIpc) is 2.32. The molecule has 0 aromatic heterocycles. The summed E-state index contributed by atoms with van der Waals surface area (Å²) in [5.41, 5.74) is 0. The maximum absolute atomic E-state index is 13.3. The van der Waals surface area contributed by atoms with Gasteiger partial charge in [0.1, 0.15) is 0 Å². The number of piperazine rings is 1. The Bertz CT molecular complexity index is 594. The first-order valence-electron chi connectivity index (χ1n) is 5.57. The SMILES string of the molecule is O=C(F)C(F)(F)N1C(F)(F)C(F)(F)N(C(F)(F)C(F)(F)F)C(F)(F)C1(F)F. The van der Waals surface area contributed by atoms with Crippen molar-refractivity contribution in [1.29, 1.82) is 0 Å². The van der Waals surface area contributed by atoms with Crippen molar-refractivity contribution in [1.82, 2.24) is 9.80 Å².